The van der Waals surface area contributed by atoms with Gasteiger partial charge in [0.2, 0.25) is 0 Å². The van der Waals surface area contributed by atoms with Crippen molar-refractivity contribution < 1.29 is 5.11 Å². The Labute approximate surface area is 92.5 Å². The summed E-state index contributed by atoms with van der Waals surface area (Å²) in [6.45, 7) is 1.54. The molecule has 0 unspecified atom stereocenters. The highest BCUT2D eigenvalue weighted by Crippen LogP contribution is 2.26. The number of aliphatic hydroxyl groups is 1. The minimum Gasteiger partial charge on any atom is -0.389 e. The number of rotatable bonds is 5. The molecule has 0 aromatic heterocycles. The molecule has 0 bridgehead atoms. The largest absolute Gasteiger partial charge is 0.389 e. The quantitative estimate of drug-likeness (QED) is 0.539. The number of hydrogen-bond donors (Lipinski definition) is 2. The molecule has 2 N–H and O–H groups in total. The summed E-state index contributed by atoms with van der Waals surface area (Å²) in [6, 6.07) is 2.12. The van der Waals surface area contributed by atoms with E-state index in [0.29, 0.717) is 13.0 Å². The van der Waals surface area contributed by atoms with E-state index in [2.05, 4.69) is 11.4 Å². The Hall–Kier alpha value is -0.590. The third-order valence-electron chi connectivity index (χ3n) is 3.13. The summed E-state index contributed by atoms with van der Waals surface area (Å²) < 4.78 is 0. The number of nitrogens with zero attached hydrogens (tertiary/aromatic N) is 1. The summed E-state index contributed by atoms with van der Waals surface area (Å²) in [5.74, 6) is 0. The Morgan fingerprint density at radius 2 is 1.87 bits per heavy atom. The molecule has 1 aliphatic carbocycles. The standard InChI is InChI=1S/C12H22N2O/c13-9-5-6-10-14-11-12(15)7-3-1-2-4-8-12/h14-15H,1-8,10-11H2. The average Bonchev–Trinajstić information content (AvgIpc) is 2.43. The maximum absolute atomic E-state index is 10.3. The molecule has 0 radical (unpaired) electrons. The van der Waals surface area contributed by atoms with Gasteiger partial charge in [0.05, 0.1) is 11.7 Å². The Morgan fingerprint density at radius 3 is 2.47 bits per heavy atom. The van der Waals surface area contributed by atoms with Gasteiger partial charge in [-0.15, -0.1) is 0 Å². The van der Waals surface area contributed by atoms with Gasteiger partial charge in [0, 0.05) is 13.0 Å². The summed E-state index contributed by atoms with van der Waals surface area (Å²) in [6.07, 6.45) is 8.16. The lowest BCUT2D eigenvalue weighted by Gasteiger charge is -2.26. The Kier molecular flexibility index (Phi) is 5.67. The second kappa shape index (κ2) is 6.81. The first-order valence-corrected chi connectivity index (χ1v) is 6.07. The predicted octanol–water partition coefficient (Wildman–Crippen LogP) is 1.97. The van der Waals surface area contributed by atoms with E-state index in [1.54, 1.807) is 0 Å². The molecule has 3 nitrogen and oxygen atoms in total. The molecule has 1 saturated carbocycles. The summed E-state index contributed by atoms with van der Waals surface area (Å²) in [4.78, 5) is 0. The van der Waals surface area contributed by atoms with E-state index in [1.807, 2.05) is 0 Å². The van der Waals surface area contributed by atoms with Gasteiger partial charge in [-0.25, -0.2) is 0 Å². The van der Waals surface area contributed by atoms with Crippen molar-refractivity contribution in [2.45, 2.75) is 57.0 Å². The molecule has 0 aliphatic heterocycles. The SMILES string of the molecule is N#CCCCNCC1(O)CCCCCC1. The van der Waals surface area contributed by atoms with Crippen LogP contribution >= 0.6 is 0 Å². The summed E-state index contributed by atoms with van der Waals surface area (Å²) in [5.41, 5.74) is -0.483. The van der Waals surface area contributed by atoms with Gasteiger partial charge in [0.1, 0.15) is 0 Å². The fourth-order valence-corrected chi connectivity index (χ4v) is 2.18. The van der Waals surface area contributed by atoms with Crippen molar-refractivity contribution in [1.29, 1.82) is 5.26 Å². The first-order valence-electron chi connectivity index (χ1n) is 6.07. The van der Waals surface area contributed by atoms with E-state index in [-0.39, 0.29) is 0 Å². The lowest BCUT2D eigenvalue weighted by molar-refractivity contribution is 0.0255. The fourth-order valence-electron chi connectivity index (χ4n) is 2.18. The van der Waals surface area contributed by atoms with Crippen LogP contribution < -0.4 is 5.32 Å². The molecule has 0 aromatic rings. The van der Waals surface area contributed by atoms with Crippen LogP contribution in [0.1, 0.15) is 51.4 Å². The third kappa shape index (κ3) is 5.15. The van der Waals surface area contributed by atoms with E-state index >= 15 is 0 Å². The second-order valence-electron chi connectivity index (χ2n) is 4.58. The van der Waals surface area contributed by atoms with Gasteiger partial charge in [-0.2, -0.15) is 5.26 Å². The van der Waals surface area contributed by atoms with Crippen LogP contribution in [-0.2, 0) is 0 Å². The zero-order valence-corrected chi connectivity index (χ0v) is 9.47. The predicted molar refractivity (Wildman–Crippen MR) is 60.4 cm³/mol. The molecule has 0 heterocycles. The van der Waals surface area contributed by atoms with E-state index in [9.17, 15) is 5.11 Å². The Balaban J connectivity index is 2.14. The Bertz CT molecular complexity index is 202. The van der Waals surface area contributed by atoms with Gasteiger partial charge in [-0.05, 0) is 25.8 Å². The van der Waals surface area contributed by atoms with E-state index < -0.39 is 5.60 Å². The molecule has 86 valence electrons. The van der Waals surface area contributed by atoms with Gasteiger partial charge >= 0.3 is 0 Å². The van der Waals surface area contributed by atoms with Crippen LogP contribution in [0.3, 0.4) is 0 Å². The lowest BCUT2D eigenvalue weighted by Crippen LogP contribution is -2.40. The van der Waals surface area contributed by atoms with Crippen molar-refractivity contribution in [1.82, 2.24) is 5.32 Å². The van der Waals surface area contributed by atoms with Crippen LogP contribution in [0, 0.1) is 11.3 Å². The highest BCUT2D eigenvalue weighted by atomic mass is 16.3. The molecule has 0 amide bonds. The fraction of sp³-hybridized carbons (Fsp3) is 0.917. The molecule has 3 heteroatoms. The number of unbranched alkanes of at least 4 members (excludes halogenated alkanes) is 1. The van der Waals surface area contributed by atoms with E-state index in [1.165, 1.54) is 12.8 Å². The van der Waals surface area contributed by atoms with Gasteiger partial charge in [0.15, 0.2) is 0 Å². The molecule has 0 aromatic carbocycles. The normalized spacial score (nSPS) is 20.5. The molecule has 1 rings (SSSR count). The van der Waals surface area contributed by atoms with Crippen LogP contribution in [0.4, 0.5) is 0 Å². The first kappa shape index (κ1) is 12.5. The first-order chi connectivity index (χ1) is 7.27. The molecule has 0 saturated heterocycles. The number of hydrogen-bond acceptors (Lipinski definition) is 3. The topological polar surface area (TPSA) is 56.0 Å². The van der Waals surface area contributed by atoms with Gasteiger partial charge in [-0.1, -0.05) is 25.7 Å². The maximum Gasteiger partial charge on any atom is 0.0771 e. The summed E-state index contributed by atoms with van der Waals surface area (Å²) in [5, 5.41) is 21.9. The average molecular weight is 210 g/mol. The van der Waals surface area contributed by atoms with Crippen LogP contribution in [0.5, 0.6) is 0 Å². The van der Waals surface area contributed by atoms with Crippen molar-refractivity contribution >= 4 is 0 Å². The number of nitriles is 1. The van der Waals surface area contributed by atoms with E-state index in [0.717, 1.165) is 38.6 Å². The summed E-state index contributed by atoms with van der Waals surface area (Å²) in [7, 11) is 0. The minimum absolute atomic E-state index is 0.483. The van der Waals surface area contributed by atoms with Crippen molar-refractivity contribution in [3.63, 3.8) is 0 Å². The molecule has 1 fully saturated rings. The molecule has 1 aliphatic rings. The van der Waals surface area contributed by atoms with Crippen LogP contribution in [0.2, 0.25) is 0 Å². The van der Waals surface area contributed by atoms with E-state index in [4.69, 9.17) is 5.26 Å². The second-order valence-corrected chi connectivity index (χ2v) is 4.58. The van der Waals surface area contributed by atoms with Gasteiger partial charge in [0.25, 0.3) is 0 Å². The lowest BCUT2D eigenvalue weighted by atomic mass is 9.94. The zero-order valence-electron chi connectivity index (χ0n) is 9.47. The molecular formula is C12H22N2O. The zero-order chi connectivity index (χ0) is 11.0. The van der Waals surface area contributed by atoms with Crippen LogP contribution in [-0.4, -0.2) is 23.8 Å². The maximum atomic E-state index is 10.3. The van der Waals surface area contributed by atoms with Crippen LogP contribution in [0.25, 0.3) is 0 Å². The Morgan fingerprint density at radius 1 is 1.20 bits per heavy atom. The van der Waals surface area contributed by atoms with Crippen molar-refractivity contribution in [3.05, 3.63) is 0 Å². The highest BCUT2D eigenvalue weighted by molar-refractivity contribution is 4.83. The molecule has 0 spiro atoms. The smallest absolute Gasteiger partial charge is 0.0771 e. The van der Waals surface area contributed by atoms with Crippen molar-refractivity contribution in [2.24, 2.45) is 0 Å². The minimum atomic E-state index is -0.483. The summed E-state index contributed by atoms with van der Waals surface area (Å²) >= 11 is 0. The molecule has 0 atom stereocenters. The molecule has 15 heavy (non-hydrogen) atoms. The van der Waals surface area contributed by atoms with Gasteiger partial charge in [-0.3, -0.25) is 0 Å². The monoisotopic (exact) mass is 210 g/mol. The van der Waals surface area contributed by atoms with Crippen molar-refractivity contribution in [3.8, 4) is 6.07 Å². The molecular weight excluding hydrogens is 188 g/mol. The highest BCUT2D eigenvalue weighted by Gasteiger charge is 2.26. The van der Waals surface area contributed by atoms with Crippen LogP contribution in [0.15, 0.2) is 0 Å². The number of nitrogens with one attached hydrogen (secondary N) is 1. The van der Waals surface area contributed by atoms with Gasteiger partial charge < -0.3 is 10.4 Å². The van der Waals surface area contributed by atoms with Crippen molar-refractivity contribution in [2.75, 3.05) is 13.1 Å². The third-order valence-corrected chi connectivity index (χ3v) is 3.13.